The molecule has 0 aliphatic heterocycles. The van der Waals surface area contributed by atoms with E-state index in [0.29, 0.717) is 23.8 Å². The standard InChI is InChI=1S/C13H17N3O4/c1-4-20-7-10-6-14-9(3)15-12(10)16-11(17)5-8(2)13(18)19/h5-6H,4,7H2,1-3H3,(H,18,19)(H,14,15,16,17)/b8-5-. The van der Waals surface area contributed by atoms with Crippen LogP contribution < -0.4 is 5.32 Å². The zero-order chi connectivity index (χ0) is 15.1. The summed E-state index contributed by atoms with van der Waals surface area (Å²) in [4.78, 5) is 30.5. The third-order valence-corrected chi connectivity index (χ3v) is 2.37. The van der Waals surface area contributed by atoms with E-state index in [1.165, 1.54) is 6.92 Å². The van der Waals surface area contributed by atoms with Crippen molar-refractivity contribution in [1.82, 2.24) is 9.97 Å². The number of hydrogen-bond donors (Lipinski definition) is 2. The Kier molecular flexibility index (Phi) is 5.79. The number of carbonyl (C=O) groups excluding carboxylic acids is 1. The highest BCUT2D eigenvalue weighted by molar-refractivity contribution is 6.03. The normalized spacial score (nSPS) is 11.2. The van der Waals surface area contributed by atoms with Gasteiger partial charge in [-0.05, 0) is 20.8 Å². The molecule has 0 saturated heterocycles. The van der Waals surface area contributed by atoms with Crippen molar-refractivity contribution in [2.24, 2.45) is 0 Å². The van der Waals surface area contributed by atoms with E-state index in [9.17, 15) is 9.59 Å². The summed E-state index contributed by atoms with van der Waals surface area (Å²) in [5.74, 6) is -0.876. The zero-order valence-corrected chi connectivity index (χ0v) is 11.6. The fourth-order valence-corrected chi connectivity index (χ4v) is 1.33. The van der Waals surface area contributed by atoms with Gasteiger partial charge >= 0.3 is 5.97 Å². The van der Waals surface area contributed by atoms with Gasteiger partial charge in [-0.1, -0.05) is 0 Å². The van der Waals surface area contributed by atoms with Crippen LogP contribution in [-0.2, 0) is 20.9 Å². The fraction of sp³-hybridized carbons (Fsp3) is 0.385. The van der Waals surface area contributed by atoms with Gasteiger partial charge in [0.25, 0.3) is 0 Å². The Morgan fingerprint density at radius 1 is 1.50 bits per heavy atom. The van der Waals surface area contributed by atoms with Crippen LogP contribution in [0.25, 0.3) is 0 Å². The molecule has 7 nitrogen and oxygen atoms in total. The summed E-state index contributed by atoms with van der Waals surface area (Å²) < 4.78 is 5.26. The topological polar surface area (TPSA) is 101 Å². The summed E-state index contributed by atoms with van der Waals surface area (Å²) in [5, 5.41) is 11.3. The summed E-state index contributed by atoms with van der Waals surface area (Å²) in [6, 6.07) is 0. The van der Waals surface area contributed by atoms with Gasteiger partial charge in [-0.25, -0.2) is 14.8 Å². The summed E-state index contributed by atoms with van der Waals surface area (Å²) in [5.41, 5.74) is 0.576. The number of rotatable bonds is 6. The van der Waals surface area contributed by atoms with E-state index in [1.807, 2.05) is 6.92 Å². The maximum Gasteiger partial charge on any atom is 0.331 e. The number of carboxylic acids is 1. The molecule has 1 aromatic rings. The minimum atomic E-state index is -1.14. The van der Waals surface area contributed by atoms with Crippen LogP contribution in [0.1, 0.15) is 25.2 Å². The molecule has 0 unspecified atom stereocenters. The molecule has 0 aliphatic rings. The predicted octanol–water partition coefficient (Wildman–Crippen LogP) is 1.29. The van der Waals surface area contributed by atoms with Gasteiger partial charge in [0, 0.05) is 30.0 Å². The predicted molar refractivity (Wildman–Crippen MR) is 72.1 cm³/mol. The van der Waals surface area contributed by atoms with E-state index in [2.05, 4.69) is 15.3 Å². The first-order valence-electron chi connectivity index (χ1n) is 6.06. The molecule has 0 atom stereocenters. The number of nitrogens with one attached hydrogen (secondary N) is 1. The van der Waals surface area contributed by atoms with Gasteiger partial charge in [-0.15, -0.1) is 0 Å². The first-order valence-corrected chi connectivity index (χ1v) is 6.06. The number of amides is 1. The molecule has 0 spiro atoms. The summed E-state index contributed by atoms with van der Waals surface area (Å²) in [7, 11) is 0. The van der Waals surface area contributed by atoms with E-state index in [4.69, 9.17) is 9.84 Å². The number of aromatic nitrogens is 2. The Bertz CT molecular complexity index is 540. The minimum Gasteiger partial charge on any atom is -0.478 e. The number of nitrogens with zero attached hydrogens (tertiary/aromatic N) is 2. The van der Waals surface area contributed by atoms with E-state index >= 15 is 0 Å². The first kappa shape index (κ1) is 15.8. The van der Waals surface area contributed by atoms with Gasteiger partial charge in [0.1, 0.15) is 11.6 Å². The highest BCUT2D eigenvalue weighted by Crippen LogP contribution is 2.13. The second-order valence-corrected chi connectivity index (χ2v) is 4.05. The van der Waals surface area contributed by atoms with Crippen molar-refractivity contribution >= 4 is 17.7 Å². The van der Waals surface area contributed by atoms with Gasteiger partial charge in [-0.2, -0.15) is 0 Å². The Hall–Kier alpha value is -2.28. The van der Waals surface area contributed by atoms with Gasteiger partial charge in [0.2, 0.25) is 5.91 Å². The van der Waals surface area contributed by atoms with E-state index in [-0.39, 0.29) is 12.2 Å². The Morgan fingerprint density at radius 3 is 2.80 bits per heavy atom. The van der Waals surface area contributed by atoms with E-state index in [1.54, 1.807) is 13.1 Å². The third-order valence-electron chi connectivity index (χ3n) is 2.37. The number of carbonyl (C=O) groups is 2. The second kappa shape index (κ2) is 7.34. The Morgan fingerprint density at radius 2 is 2.20 bits per heavy atom. The quantitative estimate of drug-likeness (QED) is 0.761. The van der Waals surface area contributed by atoms with Crippen LogP contribution in [0.15, 0.2) is 17.8 Å². The highest BCUT2D eigenvalue weighted by atomic mass is 16.5. The van der Waals surface area contributed by atoms with E-state index in [0.717, 1.165) is 6.08 Å². The van der Waals surface area contributed by atoms with Crippen molar-refractivity contribution in [2.45, 2.75) is 27.4 Å². The lowest BCUT2D eigenvalue weighted by Crippen LogP contribution is -2.15. The molecule has 0 saturated carbocycles. The molecular weight excluding hydrogens is 262 g/mol. The van der Waals surface area contributed by atoms with Crippen LogP contribution in [0.3, 0.4) is 0 Å². The smallest absolute Gasteiger partial charge is 0.331 e. The summed E-state index contributed by atoms with van der Waals surface area (Å²) in [6.07, 6.45) is 2.58. The van der Waals surface area contributed by atoms with Crippen LogP contribution >= 0.6 is 0 Å². The average molecular weight is 279 g/mol. The second-order valence-electron chi connectivity index (χ2n) is 4.05. The number of aliphatic carboxylic acids is 1. The number of aryl methyl sites for hydroxylation is 1. The van der Waals surface area contributed by atoms with Crippen molar-refractivity contribution < 1.29 is 19.4 Å². The molecule has 0 aromatic carbocycles. The molecule has 108 valence electrons. The average Bonchev–Trinajstić information content (AvgIpc) is 2.37. The van der Waals surface area contributed by atoms with Crippen LogP contribution in [0, 0.1) is 6.92 Å². The van der Waals surface area contributed by atoms with Crippen molar-refractivity contribution in [3.05, 3.63) is 29.2 Å². The minimum absolute atomic E-state index is 0.0559. The van der Waals surface area contributed by atoms with Gasteiger partial charge in [0.15, 0.2) is 0 Å². The maximum atomic E-state index is 11.7. The third kappa shape index (κ3) is 4.77. The van der Waals surface area contributed by atoms with Gasteiger partial charge in [0.05, 0.1) is 6.61 Å². The van der Waals surface area contributed by atoms with Gasteiger partial charge in [-0.3, -0.25) is 4.79 Å². The van der Waals surface area contributed by atoms with Crippen LogP contribution in [0.2, 0.25) is 0 Å². The molecule has 2 N–H and O–H groups in total. The summed E-state index contributed by atoms with van der Waals surface area (Å²) >= 11 is 0. The SMILES string of the molecule is CCOCc1cnc(C)nc1NC(=O)/C=C(/C)C(=O)O. The zero-order valence-electron chi connectivity index (χ0n) is 11.6. The first-order chi connectivity index (χ1) is 9.43. The number of anilines is 1. The maximum absolute atomic E-state index is 11.7. The lowest BCUT2D eigenvalue weighted by atomic mass is 10.2. The van der Waals surface area contributed by atoms with Crippen LogP contribution in [0.4, 0.5) is 5.82 Å². The molecule has 0 bridgehead atoms. The van der Waals surface area contributed by atoms with Gasteiger partial charge < -0.3 is 15.2 Å². The van der Waals surface area contributed by atoms with E-state index < -0.39 is 11.9 Å². The van der Waals surface area contributed by atoms with Crippen LogP contribution in [-0.4, -0.2) is 33.6 Å². The molecular formula is C13H17N3O4. The largest absolute Gasteiger partial charge is 0.478 e. The lowest BCUT2D eigenvalue weighted by molar-refractivity contribution is -0.132. The van der Waals surface area contributed by atoms with Crippen molar-refractivity contribution in [3.63, 3.8) is 0 Å². The summed E-state index contributed by atoms with van der Waals surface area (Å²) in [6.45, 7) is 5.69. The lowest BCUT2D eigenvalue weighted by Gasteiger charge is -2.09. The molecule has 7 heteroatoms. The fourth-order valence-electron chi connectivity index (χ4n) is 1.33. The number of carboxylic acid groups (broad SMARTS) is 1. The molecule has 1 amide bonds. The number of ether oxygens (including phenoxy) is 1. The van der Waals surface area contributed by atoms with Crippen molar-refractivity contribution in [1.29, 1.82) is 0 Å². The molecule has 1 heterocycles. The Labute approximate surface area is 116 Å². The molecule has 0 aliphatic carbocycles. The monoisotopic (exact) mass is 279 g/mol. The molecule has 20 heavy (non-hydrogen) atoms. The number of hydrogen-bond acceptors (Lipinski definition) is 5. The van der Waals surface area contributed by atoms with Crippen molar-refractivity contribution in [3.8, 4) is 0 Å². The molecule has 0 fully saturated rings. The Balaban J connectivity index is 2.90. The molecule has 0 radical (unpaired) electrons. The van der Waals surface area contributed by atoms with Crippen molar-refractivity contribution in [2.75, 3.05) is 11.9 Å². The van der Waals surface area contributed by atoms with Crippen LogP contribution in [0.5, 0.6) is 0 Å². The molecule has 1 rings (SSSR count). The highest BCUT2D eigenvalue weighted by Gasteiger charge is 2.10. The molecule has 1 aromatic heterocycles.